The van der Waals surface area contributed by atoms with Gasteiger partial charge in [-0.25, -0.2) is 13.4 Å². The van der Waals surface area contributed by atoms with E-state index in [0.717, 1.165) is 43.4 Å². The van der Waals surface area contributed by atoms with E-state index < -0.39 is 10.0 Å². The maximum Gasteiger partial charge on any atom is 0.261 e. The van der Waals surface area contributed by atoms with Gasteiger partial charge in [0.2, 0.25) is 0 Å². The largest absolute Gasteiger partial charge is 0.351 e. The van der Waals surface area contributed by atoms with Crippen molar-refractivity contribution in [3.63, 3.8) is 0 Å². The molecule has 4 aromatic rings. The Morgan fingerprint density at radius 2 is 1.69 bits per heavy atom. The second kappa shape index (κ2) is 11.5. The number of aryl methyl sites for hydroxylation is 2. The molecule has 5 rings (SSSR count). The van der Waals surface area contributed by atoms with Crippen LogP contribution in [0.2, 0.25) is 5.02 Å². The number of carbonyl (C=O) groups excluding carboxylic acids is 1. The average molecular weight is 584 g/mol. The highest BCUT2D eigenvalue weighted by Crippen LogP contribution is 2.32. The molecule has 39 heavy (non-hydrogen) atoms. The van der Waals surface area contributed by atoms with E-state index in [-0.39, 0.29) is 10.8 Å². The molecule has 204 valence electrons. The first kappa shape index (κ1) is 27.4. The fraction of sp³-hybridized carbons (Fsp3) is 0.286. The number of carbonyl (C=O) groups is 1. The van der Waals surface area contributed by atoms with E-state index in [2.05, 4.69) is 45.8 Å². The molecule has 1 amide bonds. The molecule has 8 nitrogen and oxygen atoms in total. The Balaban J connectivity index is 1.08. The zero-order valence-corrected chi connectivity index (χ0v) is 24.2. The Bertz CT molecular complexity index is 1580. The van der Waals surface area contributed by atoms with Gasteiger partial charge in [0.05, 0.1) is 15.1 Å². The number of hydrogen-bond donors (Lipinski definition) is 2. The van der Waals surface area contributed by atoms with Gasteiger partial charge in [0.15, 0.2) is 5.13 Å². The van der Waals surface area contributed by atoms with Gasteiger partial charge in [0.25, 0.3) is 15.9 Å². The van der Waals surface area contributed by atoms with E-state index in [9.17, 15) is 13.2 Å². The molecule has 11 heteroatoms. The minimum Gasteiger partial charge on any atom is -0.351 e. The molecular formula is C28H30ClN5O3S2. The van der Waals surface area contributed by atoms with Crippen LogP contribution < -0.4 is 14.9 Å². The van der Waals surface area contributed by atoms with Gasteiger partial charge >= 0.3 is 0 Å². The lowest BCUT2D eigenvalue weighted by molar-refractivity contribution is 0.0948. The van der Waals surface area contributed by atoms with Gasteiger partial charge in [-0.2, -0.15) is 0 Å². The van der Waals surface area contributed by atoms with Crippen LogP contribution in [-0.4, -0.2) is 63.5 Å². The summed E-state index contributed by atoms with van der Waals surface area (Å²) in [4.78, 5) is 22.3. The summed E-state index contributed by atoms with van der Waals surface area (Å²) in [5.74, 6) is -0.194. The van der Waals surface area contributed by atoms with E-state index in [1.54, 1.807) is 35.6 Å². The second-order valence-electron chi connectivity index (χ2n) is 9.65. The van der Waals surface area contributed by atoms with Crippen molar-refractivity contribution >= 4 is 59.9 Å². The molecule has 1 aliphatic heterocycles. The van der Waals surface area contributed by atoms with Crippen molar-refractivity contribution in [3.05, 3.63) is 82.4 Å². The lowest BCUT2D eigenvalue weighted by Gasteiger charge is -2.34. The maximum absolute atomic E-state index is 12.6. The number of aromatic nitrogens is 1. The number of halogens is 1. The number of hydrogen-bond acceptors (Lipinski definition) is 7. The summed E-state index contributed by atoms with van der Waals surface area (Å²) in [7, 11) is -3.74. The number of benzene rings is 3. The molecule has 0 aliphatic carbocycles. The third-order valence-corrected chi connectivity index (χ3v) is 9.60. The predicted octanol–water partition coefficient (Wildman–Crippen LogP) is 4.92. The van der Waals surface area contributed by atoms with Crippen molar-refractivity contribution < 1.29 is 13.2 Å². The van der Waals surface area contributed by atoms with Crippen LogP contribution >= 0.6 is 22.9 Å². The molecule has 1 aromatic heterocycles. The molecule has 0 saturated carbocycles. The Labute approximate surface area is 237 Å². The van der Waals surface area contributed by atoms with Crippen LogP contribution in [0.4, 0.5) is 10.8 Å². The maximum atomic E-state index is 12.6. The molecule has 1 fully saturated rings. The molecular weight excluding hydrogens is 554 g/mol. The number of piperazine rings is 1. The Morgan fingerprint density at radius 3 is 2.38 bits per heavy atom. The Morgan fingerprint density at radius 1 is 1.00 bits per heavy atom. The van der Waals surface area contributed by atoms with Crippen molar-refractivity contribution in [2.24, 2.45) is 0 Å². The number of thiazole rings is 1. The first-order valence-electron chi connectivity index (χ1n) is 12.7. The highest BCUT2D eigenvalue weighted by atomic mass is 35.5. The molecule has 0 unspecified atom stereocenters. The molecule has 2 N–H and O–H groups in total. The Hall–Kier alpha value is -3.18. The average Bonchev–Trinajstić information content (AvgIpc) is 3.34. The minimum atomic E-state index is -3.74. The third kappa shape index (κ3) is 6.52. The van der Waals surface area contributed by atoms with E-state index in [1.165, 1.54) is 40.1 Å². The zero-order valence-electron chi connectivity index (χ0n) is 21.8. The Kier molecular flexibility index (Phi) is 8.08. The van der Waals surface area contributed by atoms with Gasteiger partial charge in [-0.15, -0.1) is 0 Å². The fourth-order valence-corrected chi connectivity index (χ4v) is 6.86. The van der Waals surface area contributed by atoms with Crippen molar-refractivity contribution in [1.29, 1.82) is 0 Å². The van der Waals surface area contributed by atoms with Crippen LogP contribution in [0.3, 0.4) is 0 Å². The number of anilines is 2. The van der Waals surface area contributed by atoms with Crippen LogP contribution in [0.1, 0.15) is 21.5 Å². The summed E-state index contributed by atoms with van der Waals surface area (Å²) in [6.45, 7) is 9.16. The summed E-state index contributed by atoms with van der Waals surface area (Å²) in [6, 6.07) is 16.6. The van der Waals surface area contributed by atoms with Crippen LogP contribution in [0.15, 0.2) is 65.6 Å². The summed E-state index contributed by atoms with van der Waals surface area (Å²) in [5, 5.41) is 4.50. The summed E-state index contributed by atoms with van der Waals surface area (Å²) < 4.78 is 28.9. The fourth-order valence-electron chi connectivity index (χ4n) is 4.61. The quantitative estimate of drug-likeness (QED) is 0.306. The number of nitrogens with one attached hydrogen (secondary N) is 2. The number of rotatable bonds is 8. The van der Waals surface area contributed by atoms with Crippen LogP contribution in [-0.2, 0) is 10.0 Å². The van der Waals surface area contributed by atoms with E-state index in [1.807, 2.05) is 0 Å². The van der Waals surface area contributed by atoms with Crippen molar-refractivity contribution in [2.45, 2.75) is 18.7 Å². The molecule has 0 atom stereocenters. The molecule has 1 saturated heterocycles. The highest BCUT2D eigenvalue weighted by molar-refractivity contribution is 7.92. The minimum absolute atomic E-state index is 0.111. The third-order valence-electron chi connectivity index (χ3n) is 6.69. The van der Waals surface area contributed by atoms with Crippen LogP contribution in [0, 0.1) is 13.8 Å². The normalized spacial score (nSPS) is 14.5. The van der Waals surface area contributed by atoms with E-state index in [0.29, 0.717) is 22.8 Å². The lowest BCUT2D eigenvalue weighted by atomic mass is 10.1. The van der Waals surface area contributed by atoms with Gasteiger partial charge in [-0.1, -0.05) is 29.0 Å². The van der Waals surface area contributed by atoms with E-state index in [4.69, 9.17) is 16.6 Å². The molecule has 0 spiro atoms. The first-order valence-corrected chi connectivity index (χ1v) is 15.4. The summed E-state index contributed by atoms with van der Waals surface area (Å²) in [5.41, 5.74) is 4.42. The molecule has 0 radical (unpaired) electrons. The van der Waals surface area contributed by atoms with Crippen LogP contribution in [0.25, 0.3) is 10.2 Å². The topological polar surface area (TPSA) is 94.6 Å². The molecule has 1 aliphatic rings. The SMILES string of the molecule is Cc1cc(C)c2sc(N3CCN(CCNC(=O)c4ccc(NS(=O)(=O)c5ccc(Cl)cc5)cc4)CC3)nc2c1. The predicted molar refractivity (Wildman–Crippen MR) is 159 cm³/mol. The van der Waals surface area contributed by atoms with Gasteiger partial charge in [0.1, 0.15) is 0 Å². The number of amides is 1. The molecule has 3 aromatic carbocycles. The highest BCUT2D eigenvalue weighted by Gasteiger charge is 2.20. The van der Waals surface area contributed by atoms with Gasteiger partial charge in [-0.05, 0) is 79.6 Å². The van der Waals surface area contributed by atoms with Crippen molar-refractivity contribution in [2.75, 3.05) is 48.9 Å². The van der Waals surface area contributed by atoms with Gasteiger partial charge < -0.3 is 10.2 Å². The van der Waals surface area contributed by atoms with Crippen molar-refractivity contribution in [3.8, 4) is 0 Å². The van der Waals surface area contributed by atoms with E-state index >= 15 is 0 Å². The monoisotopic (exact) mass is 583 g/mol. The smallest absolute Gasteiger partial charge is 0.261 e. The molecule has 2 heterocycles. The lowest BCUT2D eigenvalue weighted by Crippen LogP contribution is -2.48. The summed E-state index contributed by atoms with van der Waals surface area (Å²) >= 11 is 7.60. The van der Waals surface area contributed by atoms with Crippen molar-refractivity contribution in [1.82, 2.24) is 15.2 Å². The molecule has 0 bridgehead atoms. The number of nitrogens with zero attached hydrogens (tertiary/aromatic N) is 3. The van der Waals surface area contributed by atoms with Crippen LogP contribution in [0.5, 0.6) is 0 Å². The van der Waals surface area contributed by atoms with Gasteiger partial charge in [0, 0.05) is 55.5 Å². The summed E-state index contributed by atoms with van der Waals surface area (Å²) in [6.07, 6.45) is 0. The standard InChI is InChI=1S/C28H30ClN5O3S2/c1-19-17-20(2)26-25(18-19)31-28(38-26)34-15-13-33(14-16-34)12-11-30-27(35)21-3-7-23(8-4-21)32-39(36,37)24-9-5-22(29)6-10-24/h3-10,17-18,32H,11-16H2,1-2H3,(H,30,35). The number of fused-ring (bicyclic) bond motifs is 1. The second-order valence-corrected chi connectivity index (χ2v) is 12.7. The number of sulfonamides is 1. The van der Waals surface area contributed by atoms with Gasteiger partial charge in [-0.3, -0.25) is 14.4 Å². The first-order chi connectivity index (χ1) is 18.7. The zero-order chi connectivity index (χ0) is 27.6.